The lowest BCUT2D eigenvalue weighted by molar-refractivity contribution is -0.150. The lowest BCUT2D eigenvalue weighted by Crippen LogP contribution is -2.45. The van der Waals surface area contributed by atoms with Gasteiger partial charge in [-0.15, -0.1) is 0 Å². The van der Waals surface area contributed by atoms with Gasteiger partial charge in [-0.1, -0.05) is 37.3 Å². The molecule has 2 aromatic carbocycles. The second kappa shape index (κ2) is 10.3. The van der Waals surface area contributed by atoms with Crippen molar-refractivity contribution in [2.75, 3.05) is 29.5 Å². The first-order valence-corrected chi connectivity index (χ1v) is 17.6. The highest BCUT2D eigenvalue weighted by Crippen LogP contribution is 2.61. The van der Waals surface area contributed by atoms with Gasteiger partial charge in [-0.05, 0) is 49.7 Å². The summed E-state index contributed by atoms with van der Waals surface area (Å²) in [6, 6.07) is 15.0. The molecule has 3 fully saturated rings. The summed E-state index contributed by atoms with van der Waals surface area (Å²) in [6.07, 6.45) is 1.20. The van der Waals surface area contributed by atoms with Crippen molar-refractivity contribution < 1.29 is 28.3 Å². The molecule has 4 aliphatic heterocycles. The maximum Gasteiger partial charge on any atom is 0.264 e. The molecule has 3 saturated heterocycles. The Labute approximate surface area is 241 Å². The highest BCUT2D eigenvalue weighted by molar-refractivity contribution is 6.72. The van der Waals surface area contributed by atoms with Gasteiger partial charge in [-0.2, -0.15) is 0 Å². The third-order valence-corrected chi connectivity index (χ3v) is 12.0. The molecule has 0 bridgehead atoms. The predicted octanol–water partition coefficient (Wildman–Crippen LogP) is 4.12. The third-order valence-electron chi connectivity index (χ3n) is 9.57. The summed E-state index contributed by atoms with van der Waals surface area (Å²) >= 11 is 0. The van der Waals surface area contributed by atoms with Crippen LogP contribution < -0.4 is 9.80 Å². The Morgan fingerprint density at radius 1 is 1.15 bits per heavy atom. The van der Waals surface area contributed by atoms with Gasteiger partial charge in [-0.25, -0.2) is 0 Å². The van der Waals surface area contributed by atoms with E-state index in [9.17, 15) is 19.5 Å². The number of rotatable bonds is 7. The number of fused-ring (bicyclic) bond motifs is 2. The first-order chi connectivity index (χ1) is 19.6. The number of halogens is 1. The number of aliphatic hydroxyl groups excluding tert-OH is 1. The van der Waals surface area contributed by atoms with Crippen LogP contribution in [0, 0.1) is 5.92 Å². The molecule has 218 valence electrons. The van der Waals surface area contributed by atoms with E-state index >= 15 is 4.11 Å². The van der Waals surface area contributed by atoms with Gasteiger partial charge >= 0.3 is 0 Å². The van der Waals surface area contributed by atoms with E-state index in [-0.39, 0.29) is 36.8 Å². The number of nitrogens with zero attached hydrogens (tertiary/aromatic N) is 3. The van der Waals surface area contributed by atoms with Crippen LogP contribution in [0.2, 0.25) is 18.6 Å². The number of aliphatic hydroxyl groups is 1. The number of ether oxygens (including phenoxy) is 1. The van der Waals surface area contributed by atoms with Crippen LogP contribution in [0.4, 0.5) is 15.5 Å². The number of carbonyl (C=O) groups is 3. The largest absolute Gasteiger partial charge is 0.394 e. The molecule has 2 aromatic rings. The lowest BCUT2D eigenvalue weighted by Gasteiger charge is -2.33. The number of β-lactam (4-membered cyclic amide) rings is 1. The van der Waals surface area contributed by atoms with Crippen molar-refractivity contribution in [1.29, 1.82) is 0 Å². The summed E-state index contributed by atoms with van der Waals surface area (Å²) in [5.41, 5.74) is 0.886. The minimum Gasteiger partial charge on any atom is -0.394 e. The van der Waals surface area contributed by atoms with Crippen molar-refractivity contribution in [3.63, 3.8) is 0 Å². The predicted molar refractivity (Wildman–Crippen MR) is 156 cm³/mol. The fourth-order valence-corrected chi connectivity index (χ4v) is 10.1. The number of likely N-dealkylation sites (tertiary alicyclic amines) is 1. The van der Waals surface area contributed by atoms with Crippen molar-refractivity contribution in [3.8, 4) is 0 Å². The smallest absolute Gasteiger partial charge is 0.264 e. The summed E-state index contributed by atoms with van der Waals surface area (Å²) < 4.78 is 23.0. The molecule has 1 spiro atoms. The van der Waals surface area contributed by atoms with Crippen molar-refractivity contribution in [2.45, 2.75) is 75.5 Å². The maximum absolute atomic E-state index is 16.2. The molecule has 0 unspecified atom stereocenters. The zero-order valence-electron chi connectivity index (χ0n) is 23.9. The topological polar surface area (TPSA) is 90.4 Å². The summed E-state index contributed by atoms with van der Waals surface area (Å²) in [4.78, 5) is 45.5. The summed E-state index contributed by atoms with van der Waals surface area (Å²) in [5, 5.41) is 9.79. The molecule has 0 aromatic heterocycles. The molecule has 5 atom stereocenters. The molecule has 4 aliphatic rings. The monoisotopic (exact) mass is 579 g/mol. The highest BCUT2D eigenvalue weighted by Gasteiger charge is 2.67. The van der Waals surface area contributed by atoms with Crippen LogP contribution in [-0.4, -0.2) is 68.0 Å². The minimum absolute atomic E-state index is 0.0209. The Morgan fingerprint density at radius 2 is 1.90 bits per heavy atom. The van der Waals surface area contributed by atoms with Crippen LogP contribution in [0.25, 0.3) is 0 Å². The maximum atomic E-state index is 16.2. The van der Waals surface area contributed by atoms with E-state index in [0.29, 0.717) is 43.0 Å². The van der Waals surface area contributed by atoms with E-state index in [1.807, 2.05) is 55.5 Å². The molecule has 0 saturated carbocycles. The fraction of sp³-hybridized carbons (Fsp3) is 0.516. The number of anilines is 2. The van der Waals surface area contributed by atoms with Crippen LogP contribution in [0.5, 0.6) is 0 Å². The minimum atomic E-state index is -3.45. The van der Waals surface area contributed by atoms with Gasteiger partial charge in [0.15, 0.2) is 5.60 Å². The Bertz CT molecular complexity index is 1370. The molecule has 1 N–H and O–H groups in total. The van der Waals surface area contributed by atoms with Gasteiger partial charge in [0.1, 0.15) is 0 Å². The molecule has 41 heavy (non-hydrogen) atoms. The molecular weight excluding hydrogens is 541 g/mol. The number of benzene rings is 2. The Morgan fingerprint density at radius 3 is 2.54 bits per heavy atom. The van der Waals surface area contributed by atoms with E-state index in [4.69, 9.17) is 4.74 Å². The standard InChI is InChI=1S/C31H38FN3O5Si/c1-20-29(41(2,3)32)26(17-28(38)33-14-7-10-23(33)19-36)40-31(20)24-16-22(34-15-13-27(34)37)11-12-25(24)35(30(31)39)18-21-8-5-4-6-9-21/h4-6,8-9,11-12,16,20,23,26,29,36H,7,10,13-15,17-19H2,1-3H3/t20-,23+,26+,29-,31+/m1/s1. The van der Waals surface area contributed by atoms with Gasteiger partial charge in [0.2, 0.25) is 20.2 Å². The number of carbonyl (C=O) groups excluding carboxylic acids is 3. The second-order valence-corrected chi connectivity index (χ2v) is 16.2. The van der Waals surface area contributed by atoms with E-state index in [2.05, 4.69) is 0 Å². The van der Waals surface area contributed by atoms with E-state index in [1.165, 1.54) is 0 Å². The summed E-state index contributed by atoms with van der Waals surface area (Å²) in [6.45, 7) is 6.50. The van der Waals surface area contributed by atoms with E-state index in [0.717, 1.165) is 18.4 Å². The lowest BCUT2D eigenvalue weighted by atomic mass is 9.82. The van der Waals surface area contributed by atoms with Crippen molar-refractivity contribution in [3.05, 3.63) is 59.7 Å². The van der Waals surface area contributed by atoms with Crippen LogP contribution in [0.15, 0.2) is 48.5 Å². The number of hydrogen-bond acceptors (Lipinski definition) is 5. The highest BCUT2D eigenvalue weighted by atomic mass is 28.4. The van der Waals surface area contributed by atoms with Crippen LogP contribution in [-0.2, 0) is 31.3 Å². The first kappa shape index (κ1) is 28.1. The summed E-state index contributed by atoms with van der Waals surface area (Å²) in [7, 11) is -3.45. The van der Waals surface area contributed by atoms with Gasteiger partial charge in [0.25, 0.3) is 5.91 Å². The molecule has 0 radical (unpaired) electrons. The molecule has 4 heterocycles. The number of hydrogen-bond donors (Lipinski definition) is 1. The fourth-order valence-electron chi connectivity index (χ4n) is 7.56. The van der Waals surface area contributed by atoms with Crippen molar-refractivity contribution in [2.24, 2.45) is 5.92 Å². The third kappa shape index (κ3) is 4.51. The Kier molecular flexibility index (Phi) is 7.06. The molecular formula is C31H38FN3O5Si. The van der Waals surface area contributed by atoms with Gasteiger partial charge < -0.3 is 28.7 Å². The average Bonchev–Trinajstić information content (AvgIpc) is 3.59. The first-order valence-electron chi connectivity index (χ1n) is 14.6. The van der Waals surface area contributed by atoms with Crippen LogP contribution >= 0.6 is 0 Å². The van der Waals surface area contributed by atoms with Crippen molar-refractivity contribution in [1.82, 2.24) is 4.90 Å². The van der Waals surface area contributed by atoms with Crippen molar-refractivity contribution >= 4 is 37.5 Å². The van der Waals surface area contributed by atoms with Gasteiger partial charge in [0.05, 0.1) is 37.4 Å². The molecule has 0 aliphatic carbocycles. The molecule has 3 amide bonds. The molecule has 6 rings (SSSR count). The second-order valence-electron chi connectivity index (χ2n) is 12.4. The Hall–Kier alpha value is -3.08. The average molecular weight is 580 g/mol. The van der Waals surface area contributed by atoms with E-state index in [1.54, 1.807) is 27.8 Å². The quantitative estimate of drug-likeness (QED) is 0.303. The van der Waals surface area contributed by atoms with E-state index < -0.39 is 31.6 Å². The van der Waals surface area contributed by atoms with Crippen LogP contribution in [0.1, 0.15) is 43.7 Å². The van der Waals surface area contributed by atoms with Crippen LogP contribution in [0.3, 0.4) is 0 Å². The molecule has 8 nitrogen and oxygen atoms in total. The summed E-state index contributed by atoms with van der Waals surface area (Å²) in [5.74, 6) is -0.949. The normalized spacial score (nSPS) is 29.4. The van der Waals surface area contributed by atoms with Gasteiger partial charge in [-0.3, -0.25) is 14.4 Å². The number of amides is 3. The zero-order valence-corrected chi connectivity index (χ0v) is 24.9. The SMILES string of the molecule is C[C@@H]1[C@@H]([Si](C)(C)F)[C@H](CC(=O)N2CCC[C@H]2CO)O[C@@]12C(=O)N(Cc1ccccc1)c1ccc(N3CCC3=O)cc12. The molecule has 10 heteroatoms. The van der Waals surface area contributed by atoms with Gasteiger partial charge in [0, 0.05) is 42.2 Å². The Balaban J connectivity index is 1.42. The zero-order chi connectivity index (χ0) is 29.1.